The number of carbonyl (C=O) groups is 2. The molecule has 0 aliphatic heterocycles. The van der Waals surface area contributed by atoms with Crippen molar-refractivity contribution in [2.45, 2.75) is 44.5 Å². The quantitative estimate of drug-likeness (QED) is 0.755. The highest BCUT2D eigenvalue weighted by molar-refractivity contribution is 8.01. The summed E-state index contributed by atoms with van der Waals surface area (Å²) in [6.45, 7) is 7.88. The number of hydrogen-bond donors (Lipinski definition) is 2. The normalized spacial score (nSPS) is 12.4. The molecule has 7 heteroatoms. The molecule has 1 aromatic heterocycles. The molecule has 112 valence electrons. The number of thiazole rings is 1. The molecule has 0 spiro atoms. The fourth-order valence-electron chi connectivity index (χ4n) is 1.35. The van der Waals surface area contributed by atoms with Gasteiger partial charge < -0.3 is 10.4 Å². The Morgan fingerprint density at radius 3 is 2.60 bits per heavy atom. The Kier molecular flexibility index (Phi) is 6.48. The molecule has 1 amide bonds. The second kappa shape index (κ2) is 7.64. The van der Waals surface area contributed by atoms with Crippen molar-refractivity contribution >= 4 is 35.0 Å². The molecule has 0 bridgehead atoms. The second-order valence-corrected chi connectivity index (χ2v) is 7.25. The number of aryl methyl sites for hydroxylation is 1. The van der Waals surface area contributed by atoms with E-state index in [4.69, 9.17) is 5.11 Å². The van der Waals surface area contributed by atoms with Crippen LogP contribution in [-0.4, -0.2) is 33.8 Å². The molecule has 1 unspecified atom stereocenters. The zero-order chi connectivity index (χ0) is 15.3. The molecular formula is C13H20N2O3S2. The van der Waals surface area contributed by atoms with Crippen molar-refractivity contribution in [3.63, 3.8) is 0 Å². The van der Waals surface area contributed by atoms with Crippen LogP contribution >= 0.6 is 23.1 Å². The van der Waals surface area contributed by atoms with Crippen LogP contribution in [0.5, 0.6) is 0 Å². The molecule has 0 fully saturated rings. The van der Waals surface area contributed by atoms with Crippen molar-refractivity contribution in [1.82, 2.24) is 10.3 Å². The molecular weight excluding hydrogens is 296 g/mol. The number of amides is 1. The number of carboxylic acid groups (broad SMARTS) is 1. The molecule has 0 saturated heterocycles. The van der Waals surface area contributed by atoms with Gasteiger partial charge in [0.1, 0.15) is 0 Å². The van der Waals surface area contributed by atoms with Crippen molar-refractivity contribution in [2.24, 2.45) is 5.92 Å². The Morgan fingerprint density at radius 1 is 1.40 bits per heavy atom. The molecule has 0 aliphatic carbocycles. The van der Waals surface area contributed by atoms with Gasteiger partial charge in [-0.25, -0.2) is 4.98 Å². The first-order valence-electron chi connectivity index (χ1n) is 6.39. The standard InChI is InChI=1S/C13H20N2O3S2/c1-7(2)8(3)14-11(16)6-19-13-15-9(4)10(20-13)5-12(17)18/h7-8H,5-6H2,1-4H3,(H,14,16)(H,17,18). The van der Waals surface area contributed by atoms with Crippen LogP contribution < -0.4 is 5.32 Å². The summed E-state index contributed by atoms with van der Waals surface area (Å²) < 4.78 is 0.742. The first kappa shape index (κ1) is 17.0. The van der Waals surface area contributed by atoms with Crippen LogP contribution in [0.3, 0.4) is 0 Å². The minimum atomic E-state index is -0.864. The lowest BCUT2D eigenvalue weighted by molar-refractivity contribution is -0.136. The average molecular weight is 316 g/mol. The van der Waals surface area contributed by atoms with Crippen LogP contribution in [0.2, 0.25) is 0 Å². The topological polar surface area (TPSA) is 79.3 Å². The zero-order valence-electron chi connectivity index (χ0n) is 12.1. The third kappa shape index (κ3) is 5.50. The van der Waals surface area contributed by atoms with Crippen molar-refractivity contribution in [2.75, 3.05) is 5.75 Å². The van der Waals surface area contributed by atoms with E-state index in [-0.39, 0.29) is 18.4 Å². The molecule has 20 heavy (non-hydrogen) atoms. The van der Waals surface area contributed by atoms with Gasteiger partial charge in [0.25, 0.3) is 0 Å². The van der Waals surface area contributed by atoms with Crippen LogP contribution in [0.4, 0.5) is 0 Å². The van der Waals surface area contributed by atoms with E-state index < -0.39 is 5.97 Å². The number of aromatic nitrogens is 1. The number of carboxylic acids is 1. The molecule has 0 aromatic carbocycles. The summed E-state index contributed by atoms with van der Waals surface area (Å²) in [5, 5.41) is 11.7. The zero-order valence-corrected chi connectivity index (χ0v) is 13.7. The third-order valence-electron chi connectivity index (χ3n) is 2.90. The van der Waals surface area contributed by atoms with Gasteiger partial charge >= 0.3 is 5.97 Å². The Hall–Kier alpha value is -1.08. The lowest BCUT2D eigenvalue weighted by atomic mass is 10.1. The van der Waals surface area contributed by atoms with Crippen molar-refractivity contribution in [1.29, 1.82) is 0 Å². The van der Waals surface area contributed by atoms with Gasteiger partial charge in [0, 0.05) is 10.9 Å². The van der Waals surface area contributed by atoms with Crippen LogP contribution in [-0.2, 0) is 16.0 Å². The maximum Gasteiger partial charge on any atom is 0.308 e. The van der Waals surface area contributed by atoms with E-state index in [1.807, 2.05) is 6.92 Å². The highest BCUT2D eigenvalue weighted by Gasteiger charge is 2.14. The summed E-state index contributed by atoms with van der Waals surface area (Å²) >= 11 is 2.69. The molecule has 1 atom stereocenters. The molecule has 1 aromatic rings. The van der Waals surface area contributed by atoms with E-state index in [2.05, 4.69) is 24.1 Å². The van der Waals surface area contributed by atoms with Gasteiger partial charge in [0.2, 0.25) is 5.91 Å². The fourth-order valence-corrected chi connectivity index (χ4v) is 3.39. The van der Waals surface area contributed by atoms with E-state index in [0.717, 1.165) is 14.9 Å². The van der Waals surface area contributed by atoms with Crippen LogP contribution in [0.25, 0.3) is 0 Å². The van der Waals surface area contributed by atoms with Gasteiger partial charge in [-0.05, 0) is 19.8 Å². The largest absolute Gasteiger partial charge is 0.481 e. The minimum absolute atomic E-state index is 0.0133. The van der Waals surface area contributed by atoms with E-state index in [1.54, 1.807) is 6.92 Å². The monoisotopic (exact) mass is 316 g/mol. The highest BCUT2D eigenvalue weighted by Crippen LogP contribution is 2.27. The van der Waals surface area contributed by atoms with Crippen LogP contribution in [0, 0.1) is 12.8 Å². The molecule has 5 nitrogen and oxygen atoms in total. The summed E-state index contributed by atoms with van der Waals surface area (Å²) in [4.78, 5) is 27.5. The van der Waals surface area contributed by atoms with Crippen molar-refractivity contribution < 1.29 is 14.7 Å². The summed E-state index contributed by atoms with van der Waals surface area (Å²) in [6, 6.07) is 0.142. The molecule has 0 saturated carbocycles. The van der Waals surface area contributed by atoms with Crippen LogP contribution in [0.15, 0.2) is 4.34 Å². The number of nitrogens with one attached hydrogen (secondary N) is 1. The van der Waals surface area contributed by atoms with E-state index in [0.29, 0.717) is 11.7 Å². The number of rotatable bonds is 7. The molecule has 1 heterocycles. The van der Waals surface area contributed by atoms with Crippen LogP contribution in [0.1, 0.15) is 31.3 Å². The molecule has 1 rings (SSSR count). The second-order valence-electron chi connectivity index (χ2n) is 4.95. The van der Waals surface area contributed by atoms with Crippen molar-refractivity contribution in [3.8, 4) is 0 Å². The van der Waals surface area contributed by atoms with Gasteiger partial charge in [-0.2, -0.15) is 0 Å². The van der Waals surface area contributed by atoms with Gasteiger partial charge in [-0.1, -0.05) is 25.6 Å². The highest BCUT2D eigenvalue weighted by atomic mass is 32.2. The van der Waals surface area contributed by atoms with Gasteiger partial charge in [-0.15, -0.1) is 11.3 Å². The minimum Gasteiger partial charge on any atom is -0.481 e. The number of nitrogens with zero attached hydrogens (tertiary/aromatic N) is 1. The maximum atomic E-state index is 11.8. The van der Waals surface area contributed by atoms with E-state index >= 15 is 0 Å². The Bertz CT molecular complexity index is 486. The summed E-state index contributed by atoms with van der Waals surface area (Å²) in [7, 11) is 0. The average Bonchev–Trinajstić information content (AvgIpc) is 2.66. The number of aliphatic carboxylic acids is 1. The lowest BCUT2D eigenvalue weighted by Gasteiger charge is -2.16. The summed E-state index contributed by atoms with van der Waals surface area (Å²) in [5.41, 5.74) is 0.732. The first-order chi connectivity index (χ1) is 9.29. The number of thioether (sulfide) groups is 1. The lowest BCUT2D eigenvalue weighted by Crippen LogP contribution is -2.37. The molecule has 0 aliphatic rings. The number of carbonyl (C=O) groups excluding carboxylic acids is 1. The summed E-state index contributed by atoms with van der Waals surface area (Å²) in [6.07, 6.45) is -0.0133. The van der Waals surface area contributed by atoms with Crippen molar-refractivity contribution in [3.05, 3.63) is 10.6 Å². The van der Waals surface area contributed by atoms with E-state index in [1.165, 1.54) is 23.1 Å². The van der Waals surface area contributed by atoms with Gasteiger partial charge in [0.15, 0.2) is 4.34 Å². The fraction of sp³-hybridized carbons (Fsp3) is 0.615. The Labute approximate surface area is 127 Å². The Balaban J connectivity index is 2.49. The SMILES string of the molecule is Cc1nc(SCC(=O)NC(C)C(C)C)sc1CC(=O)O. The predicted molar refractivity (Wildman–Crippen MR) is 81.4 cm³/mol. The van der Waals surface area contributed by atoms with Gasteiger partial charge in [0.05, 0.1) is 17.9 Å². The Morgan fingerprint density at radius 2 is 2.05 bits per heavy atom. The van der Waals surface area contributed by atoms with E-state index in [9.17, 15) is 9.59 Å². The number of hydrogen-bond acceptors (Lipinski definition) is 5. The molecule has 2 N–H and O–H groups in total. The summed E-state index contributed by atoms with van der Waals surface area (Å²) in [5.74, 6) is -0.190. The first-order valence-corrected chi connectivity index (χ1v) is 8.20. The molecule has 0 radical (unpaired) electrons. The van der Waals surface area contributed by atoms with Gasteiger partial charge in [-0.3, -0.25) is 9.59 Å². The predicted octanol–water partition coefficient (Wildman–Crippen LogP) is 2.33. The third-order valence-corrected chi connectivity index (χ3v) is 5.20. The smallest absolute Gasteiger partial charge is 0.308 e. The maximum absolute atomic E-state index is 11.8.